The number of aromatic nitrogens is 4. The molecule has 0 atom stereocenters. The van der Waals surface area contributed by atoms with E-state index in [4.69, 9.17) is 9.72 Å². The summed E-state index contributed by atoms with van der Waals surface area (Å²) in [6, 6.07) is 15.8. The fourth-order valence-electron chi connectivity index (χ4n) is 4.32. The standard InChI is InChI=1S/C27H30N8O2/c1-3-25(36)30-21-5-4-6-23(17-21)35-19-29-24-18-28-27(32-26(24)35)31-20-7-9-22(10-8-20)34-13-11-33(12-14-34)15-16-37-2/h3-10,17-19H,1,11-16H2,2H3,(H,30,36)(H,28,31,32). The number of hydrogen-bond acceptors (Lipinski definition) is 8. The second-order valence-corrected chi connectivity index (χ2v) is 8.75. The zero-order valence-electron chi connectivity index (χ0n) is 20.8. The lowest BCUT2D eigenvalue weighted by Gasteiger charge is -2.36. The molecule has 1 aliphatic heterocycles. The summed E-state index contributed by atoms with van der Waals surface area (Å²) < 4.78 is 7.06. The minimum absolute atomic E-state index is 0.267. The quantitative estimate of drug-likeness (QED) is 0.339. The Hall–Kier alpha value is -4.28. The highest BCUT2D eigenvalue weighted by Gasteiger charge is 2.17. The van der Waals surface area contributed by atoms with Gasteiger partial charge in [0.1, 0.15) is 11.8 Å². The highest BCUT2D eigenvalue weighted by Crippen LogP contribution is 2.23. The maximum absolute atomic E-state index is 11.7. The third kappa shape index (κ3) is 5.76. The van der Waals surface area contributed by atoms with E-state index in [1.54, 1.807) is 19.6 Å². The Kier molecular flexibility index (Phi) is 7.38. The van der Waals surface area contributed by atoms with Gasteiger partial charge < -0.3 is 20.3 Å². The number of imidazole rings is 1. The number of ether oxygens (including phenoxy) is 1. The number of anilines is 4. The molecule has 10 nitrogen and oxygen atoms in total. The number of methoxy groups -OCH3 is 1. The van der Waals surface area contributed by atoms with Gasteiger partial charge in [0.25, 0.3) is 0 Å². The predicted octanol–water partition coefficient (Wildman–Crippen LogP) is 3.45. The SMILES string of the molecule is C=CC(=O)Nc1cccc(-n2cnc3cnc(Nc4ccc(N5CCN(CCOC)CC5)cc4)nc32)c1. The van der Waals surface area contributed by atoms with Crippen LogP contribution in [0.4, 0.5) is 23.0 Å². The molecule has 10 heteroatoms. The molecular weight excluding hydrogens is 468 g/mol. The van der Waals surface area contributed by atoms with E-state index < -0.39 is 0 Å². The maximum atomic E-state index is 11.7. The molecule has 1 amide bonds. The summed E-state index contributed by atoms with van der Waals surface area (Å²) in [5, 5.41) is 6.08. The molecule has 4 aromatic rings. The molecule has 1 aliphatic rings. The topological polar surface area (TPSA) is 100 Å². The van der Waals surface area contributed by atoms with Crippen LogP contribution in [0, 0.1) is 0 Å². The Morgan fingerprint density at radius 3 is 2.62 bits per heavy atom. The third-order valence-electron chi connectivity index (χ3n) is 6.34. The largest absolute Gasteiger partial charge is 0.383 e. The third-order valence-corrected chi connectivity index (χ3v) is 6.34. The predicted molar refractivity (Wildman–Crippen MR) is 146 cm³/mol. The number of hydrogen-bond donors (Lipinski definition) is 2. The average molecular weight is 499 g/mol. The first kappa shape index (κ1) is 24.4. The number of piperazine rings is 1. The molecule has 0 radical (unpaired) electrons. The lowest BCUT2D eigenvalue weighted by Crippen LogP contribution is -2.47. The van der Waals surface area contributed by atoms with Crippen molar-refractivity contribution in [2.45, 2.75) is 0 Å². The van der Waals surface area contributed by atoms with Crippen LogP contribution in [-0.2, 0) is 9.53 Å². The average Bonchev–Trinajstić information content (AvgIpc) is 3.36. The van der Waals surface area contributed by atoms with Crippen LogP contribution >= 0.6 is 0 Å². The van der Waals surface area contributed by atoms with Crippen molar-refractivity contribution >= 4 is 40.1 Å². The highest BCUT2D eigenvalue weighted by molar-refractivity contribution is 5.99. The second kappa shape index (κ2) is 11.2. The maximum Gasteiger partial charge on any atom is 0.247 e. The summed E-state index contributed by atoms with van der Waals surface area (Å²) in [7, 11) is 1.75. The summed E-state index contributed by atoms with van der Waals surface area (Å²) in [5.41, 5.74) is 4.92. The zero-order valence-corrected chi connectivity index (χ0v) is 20.8. The van der Waals surface area contributed by atoms with Gasteiger partial charge in [-0.15, -0.1) is 0 Å². The van der Waals surface area contributed by atoms with Crippen molar-refractivity contribution in [2.75, 3.05) is 62.0 Å². The Morgan fingerprint density at radius 1 is 1.05 bits per heavy atom. The lowest BCUT2D eigenvalue weighted by molar-refractivity contribution is -0.111. The van der Waals surface area contributed by atoms with Crippen molar-refractivity contribution in [1.29, 1.82) is 0 Å². The highest BCUT2D eigenvalue weighted by atomic mass is 16.5. The number of rotatable bonds is 9. The van der Waals surface area contributed by atoms with E-state index in [0.717, 1.165) is 50.7 Å². The molecule has 2 aromatic carbocycles. The van der Waals surface area contributed by atoms with Gasteiger partial charge in [-0.25, -0.2) is 9.97 Å². The molecule has 0 unspecified atom stereocenters. The van der Waals surface area contributed by atoms with Gasteiger partial charge in [-0.1, -0.05) is 12.6 Å². The molecule has 0 aliphatic carbocycles. The van der Waals surface area contributed by atoms with Gasteiger partial charge in [-0.05, 0) is 48.5 Å². The van der Waals surface area contributed by atoms with Gasteiger partial charge in [0.05, 0.1) is 18.5 Å². The van der Waals surface area contributed by atoms with Crippen LogP contribution in [0.15, 0.2) is 73.7 Å². The van der Waals surface area contributed by atoms with Gasteiger partial charge in [-0.3, -0.25) is 14.3 Å². The van der Waals surface area contributed by atoms with Gasteiger partial charge in [0.2, 0.25) is 11.9 Å². The van der Waals surface area contributed by atoms with Crippen LogP contribution in [0.2, 0.25) is 0 Å². The molecule has 190 valence electrons. The van der Waals surface area contributed by atoms with E-state index in [1.807, 2.05) is 41.0 Å². The molecule has 2 aromatic heterocycles. The van der Waals surface area contributed by atoms with Gasteiger partial charge in [0, 0.05) is 56.9 Å². The van der Waals surface area contributed by atoms with Crippen LogP contribution < -0.4 is 15.5 Å². The number of nitrogens with one attached hydrogen (secondary N) is 2. The van der Waals surface area contributed by atoms with E-state index in [2.05, 4.69) is 49.1 Å². The van der Waals surface area contributed by atoms with Crippen LogP contribution in [0.1, 0.15) is 0 Å². The lowest BCUT2D eigenvalue weighted by atomic mass is 10.2. The van der Waals surface area contributed by atoms with Crippen molar-refractivity contribution in [3.8, 4) is 5.69 Å². The van der Waals surface area contributed by atoms with Gasteiger partial charge in [-0.2, -0.15) is 4.98 Å². The Bertz CT molecular complexity index is 1380. The summed E-state index contributed by atoms with van der Waals surface area (Å²) in [5.74, 6) is 0.210. The number of carbonyl (C=O) groups is 1. The number of amides is 1. The van der Waals surface area contributed by atoms with Crippen LogP contribution in [0.3, 0.4) is 0 Å². The van der Waals surface area contributed by atoms with Crippen molar-refractivity contribution in [1.82, 2.24) is 24.4 Å². The summed E-state index contributed by atoms with van der Waals surface area (Å²) in [6.07, 6.45) is 4.63. The molecule has 0 bridgehead atoms. The van der Waals surface area contributed by atoms with E-state index in [0.29, 0.717) is 22.8 Å². The minimum atomic E-state index is -0.267. The number of benzene rings is 2. The smallest absolute Gasteiger partial charge is 0.247 e. The molecule has 2 N–H and O–H groups in total. The molecule has 1 saturated heterocycles. The van der Waals surface area contributed by atoms with Crippen LogP contribution in [-0.4, -0.2) is 76.8 Å². The van der Waals surface area contributed by atoms with E-state index in [-0.39, 0.29) is 5.91 Å². The van der Waals surface area contributed by atoms with Crippen molar-refractivity contribution < 1.29 is 9.53 Å². The Balaban J connectivity index is 1.28. The normalized spacial score (nSPS) is 14.0. The number of carbonyl (C=O) groups excluding carboxylic acids is 1. The van der Waals surface area contributed by atoms with Crippen LogP contribution in [0.5, 0.6) is 0 Å². The van der Waals surface area contributed by atoms with Crippen molar-refractivity contribution in [2.24, 2.45) is 0 Å². The summed E-state index contributed by atoms with van der Waals surface area (Å²) in [4.78, 5) is 30.1. The molecule has 37 heavy (non-hydrogen) atoms. The molecule has 5 rings (SSSR count). The first-order chi connectivity index (χ1) is 18.1. The molecule has 3 heterocycles. The molecule has 0 spiro atoms. The first-order valence-electron chi connectivity index (χ1n) is 12.2. The number of nitrogens with zero attached hydrogens (tertiary/aromatic N) is 6. The van der Waals surface area contributed by atoms with Gasteiger partial charge >= 0.3 is 0 Å². The Morgan fingerprint density at radius 2 is 1.86 bits per heavy atom. The minimum Gasteiger partial charge on any atom is -0.383 e. The monoisotopic (exact) mass is 498 g/mol. The molecule has 0 saturated carbocycles. The summed E-state index contributed by atoms with van der Waals surface area (Å²) in [6.45, 7) is 9.32. The van der Waals surface area contributed by atoms with E-state index in [9.17, 15) is 4.79 Å². The molecule has 1 fully saturated rings. The van der Waals surface area contributed by atoms with Crippen LogP contribution in [0.25, 0.3) is 16.9 Å². The van der Waals surface area contributed by atoms with E-state index >= 15 is 0 Å². The number of fused-ring (bicyclic) bond motifs is 1. The summed E-state index contributed by atoms with van der Waals surface area (Å²) >= 11 is 0. The van der Waals surface area contributed by atoms with E-state index in [1.165, 1.54) is 11.8 Å². The first-order valence-corrected chi connectivity index (χ1v) is 12.2. The fourth-order valence-corrected chi connectivity index (χ4v) is 4.32. The second-order valence-electron chi connectivity index (χ2n) is 8.75. The zero-order chi connectivity index (χ0) is 25.6. The fraction of sp³-hybridized carbons (Fsp3) is 0.259. The Labute approximate surface area is 215 Å². The van der Waals surface area contributed by atoms with Crippen molar-refractivity contribution in [3.63, 3.8) is 0 Å². The molecular formula is C27H30N8O2. The van der Waals surface area contributed by atoms with Crippen molar-refractivity contribution in [3.05, 3.63) is 73.7 Å². The van der Waals surface area contributed by atoms with Gasteiger partial charge in [0.15, 0.2) is 5.65 Å².